The second-order valence-corrected chi connectivity index (χ2v) is 10.7. The minimum absolute atomic E-state index is 0.110. The van der Waals surface area contributed by atoms with Gasteiger partial charge >= 0.3 is 5.97 Å². The fourth-order valence-corrected chi connectivity index (χ4v) is 6.12. The Labute approximate surface area is 181 Å². The fourth-order valence-electron chi connectivity index (χ4n) is 3.96. The average Bonchev–Trinajstić information content (AvgIpc) is 3.44. The molecule has 7 nitrogen and oxygen atoms in total. The van der Waals surface area contributed by atoms with Crippen LogP contribution in [0.25, 0.3) is 10.8 Å². The van der Waals surface area contributed by atoms with Gasteiger partial charge in [0, 0.05) is 18.3 Å². The molecular formula is C21H24N2O5S2. The van der Waals surface area contributed by atoms with E-state index in [1.807, 2.05) is 24.3 Å². The number of hydrogen-bond acceptors (Lipinski definition) is 5. The molecule has 2 aliphatic rings. The van der Waals surface area contributed by atoms with E-state index in [0.29, 0.717) is 12.5 Å². The van der Waals surface area contributed by atoms with Gasteiger partial charge < -0.3 is 10.0 Å². The molecule has 4 rings (SSSR count). The van der Waals surface area contributed by atoms with Crippen LogP contribution in [0.5, 0.6) is 0 Å². The third kappa shape index (κ3) is 4.33. The number of carboxylic acids is 1. The number of hydrogen-bond donors (Lipinski definition) is 2. The number of nitrogens with zero attached hydrogens (tertiary/aromatic N) is 2. The number of carboxylic acid groups (broad SMARTS) is 1. The van der Waals surface area contributed by atoms with E-state index in [-0.39, 0.29) is 23.1 Å². The van der Waals surface area contributed by atoms with Crippen molar-refractivity contribution in [2.24, 2.45) is 5.92 Å². The molecule has 1 amide bonds. The predicted molar refractivity (Wildman–Crippen MR) is 116 cm³/mol. The summed E-state index contributed by atoms with van der Waals surface area (Å²) < 4.78 is 28.0. The molecule has 1 N–H and O–H groups in total. The maximum atomic E-state index is 13.4. The summed E-state index contributed by atoms with van der Waals surface area (Å²) in [6.07, 6.45) is 2.18. The van der Waals surface area contributed by atoms with Crippen LogP contribution in [0.4, 0.5) is 0 Å². The van der Waals surface area contributed by atoms with Crippen LogP contribution in [0.3, 0.4) is 0 Å². The Morgan fingerprint density at radius 3 is 2.50 bits per heavy atom. The molecule has 2 aromatic rings. The van der Waals surface area contributed by atoms with Crippen LogP contribution in [0.2, 0.25) is 0 Å². The molecule has 1 aliphatic heterocycles. The van der Waals surface area contributed by atoms with Crippen molar-refractivity contribution < 1.29 is 23.1 Å². The highest BCUT2D eigenvalue weighted by Gasteiger charge is 2.45. The van der Waals surface area contributed by atoms with E-state index in [9.17, 15) is 23.1 Å². The molecule has 1 heterocycles. The third-order valence-electron chi connectivity index (χ3n) is 5.66. The molecule has 0 radical (unpaired) electrons. The lowest BCUT2D eigenvalue weighted by Crippen LogP contribution is -2.49. The Morgan fingerprint density at radius 1 is 1.13 bits per heavy atom. The van der Waals surface area contributed by atoms with Gasteiger partial charge in [0.2, 0.25) is 15.9 Å². The van der Waals surface area contributed by atoms with E-state index in [1.165, 1.54) is 9.21 Å². The minimum Gasteiger partial charge on any atom is -0.480 e. The summed E-state index contributed by atoms with van der Waals surface area (Å²) >= 11 is 4.44. The summed E-state index contributed by atoms with van der Waals surface area (Å²) in [7, 11) is -3.94. The Hall–Kier alpha value is -2.10. The van der Waals surface area contributed by atoms with Gasteiger partial charge in [0.15, 0.2) is 0 Å². The van der Waals surface area contributed by atoms with E-state index >= 15 is 0 Å². The standard InChI is InChI=1S/C21H24N2O5S2/c24-20(25)13-22(11-14-5-6-14)21(26)19-10-17(29)12-23(19)30(27,28)18-8-7-15-3-1-2-4-16(15)9-18/h1-4,7-9,14,17,19,29H,5-6,10-13H2,(H,24,25)/t17-,19+/m1/s1. The summed E-state index contributed by atoms with van der Waals surface area (Å²) in [5.74, 6) is -1.26. The zero-order valence-corrected chi connectivity index (χ0v) is 18.1. The predicted octanol–water partition coefficient (Wildman–Crippen LogP) is 2.22. The van der Waals surface area contributed by atoms with Crippen molar-refractivity contribution in [2.75, 3.05) is 19.6 Å². The van der Waals surface area contributed by atoms with Gasteiger partial charge in [-0.25, -0.2) is 8.42 Å². The van der Waals surface area contributed by atoms with Crippen LogP contribution >= 0.6 is 12.6 Å². The second kappa shape index (κ2) is 8.20. The van der Waals surface area contributed by atoms with Crippen molar-refractivity contribution in [3.63, 3.8) is 0 Å². The molecule has 2 aromatic carbocycles. The van der Waals surface area contributed by atoms with Gasteiger partial charge in [-0.05, 0) is 48.1 Å². The first kappa shape index (κ1) is 21.1. The van der Waals surface area contributed by atoms with Gasteiger partial charge in [-0.1, -0.05) is 30.3 Å². The molecule has 0 aromatic heterocycles. The topological polar surface area (TPSA) is 95.0 Å². The number of sulfonamides is 1. The third-order valence-corrected chi connectivity index (χ3v) is 7.90. The van der Waals surface area contributed by atoms with Gasteiger partial charge in [0.05, 0.1) is 4.90 Å². The Bertz CT molecular complexity index is 1080. The largest absolute Gasteiger partial charge is 0.480 e. The van der Waals surface area contributed by atoms with Crippen molar-refractivity contribution in [1.82, 2.24) is 9.21 Å². The summed E-state index contributed by atoms with van der Waals surface area (Å²) in [5.41, 5.74) is 0. The van der Waals surface area contributed by atoms with Gasteiger partial charge in [-0.2, -0.15) is 16.9 Å². The zero-order chi connectivity index (χ0) is 21.5. The Balaban J connectivity index is 1.64. The highest BCUT2D eigenvalue weighted by molar-refractivity contribution is 7.89. The number of aliphatic carboxylic acids is 1. The molecule has 2 fully saturated rings. The average molecular weight is 449 g/mol. The minimum atomic E-state index is -3.94. The van der Waals surface area contributed by atoms with Crippen molar-refractivity contribution in [3.05, 3.63) is 42.5 Å². The molecular weight excluding hydrogens is 424 g/mol. The maximum absolute atomic E-state index is 13.4. The Kier molecular flexibility index (Phi) is 5.78. The van der Waals surface area contributed by atoms with E-state index in [0.717, 1.165) is 23.6 Å². The number of carbonyl (C=O) groups is 2. The highest BCUT2D eigenvalue weighted by atomic mass is 32.2. The summed E-state index contributed by atoms with van der Waals surface area (Å²) in [5, 5.41) is 10.7. The molecule has 9 heteroatoms. The number of rotatable bonds is 7. The maximum Gasteiger partial charge on any atom is 0.323 e. The first-order valence-corrected chi connectivity index (χ1v) is 11.9. The van der Waals surface area contributed by atoms with E-state index in [2.05, 4.69) is 12.6 Å². The number of thiol groups is 1. The van der Waals surface area contributed by atoms with Gasteiger partial charge in [0.25, 0.3) is 0 Å². The molecule has 0 spiro atoms. The molecule has 1 saturated carbocycles. The molecule has 0 bridgehead atoms. The van der Waals surface area contributed by atoms with E-state index in [4.69, 9.17) is 0 Å². The smallest absolute Gasteiger partial charge is 0.323 e. The first-order chi connectivity index (χ1) is 14.3. The molecule has 30 heavy (non-hydrogen) atoms. The number of fused-ring (bicyclic) bond motifs is 1. The number of benzene rings is 2. The van der Waals surface area contributed by atoms with Crippen LogP contribution in [0.1, 0.15) is 19.3 Å². The monoisotopic (exact) mass is 448 g/mol. The summed E-state index contributed by atoms with van der Waals surface area (Å²) in [6, 6.07) is 11.4. The summed E-state index contributed by atoms with van der Waals surface area (Å²) in [6.45, 7) is 0.0364. The molecule has 160 valence electrons. The fraction of sp³-hybridized carbons (Fsp3) is 0.429. The van der Waals surface area contributed by atoms with E-state index in [1.54, 1.807) is 18.2 Å². The molecule has 1 saturated heterocycles. The SMILES string of the molecule is O=C(O)CN(CC1CC1)C(=O)[C@@H]1C[C@@H](S)CN1S(=O)(=O)c1ccc2ccccc2c1. The van der Waals surface area contributed by atoms with Crippen LogP contribution < -0.4 is 0 Å². The van der Waals surface area contributed by atoms with Crippen LogP contribution in [0, 0.1) is 5.92 Å². The van der Waals surface area contributed by atoms with Gasteiger partial charge in [-0.15, -0.1) is 0 Å². The lowest BCUT2D eigenvalue weighted by molar-refractivity contribution is -0.146. The van der Waals surface area contributed by atoms with E-state index < -0.39 is 34.5 Å². The number of amides is 1. The van der Waals surface area contributed by atoms with Gasteiger partial charge in [0.1, 0.15) is 12.6 Å². The van der Waals surface area contributed by atoms with Crippen molar-refractivity contribution in [3.8, 4) is 0 Å². The van der Waals surface area contributed by atoms with Crippen molar-refractivity contribution in [1.29, 1.82) is 0 Å². The van der Waals surface area contributed by atoms with Crippen LogP contribution in [-0.2, 0) is 19.6 Å². The Morgan fingerprint density at radius 2 is 1.83 bits per heavy atom. The van der Waals surface area contributed by atoms with Crippen LogP contribution in [-0.4, -0.2) is 65.5 Å². The quantitative estimate of drug-likeness (QED) is 0.634. The number of carbonyl (C=O) groups excluding carboxylic acids is 1. The van der Waals surface area contributed by atoms with Gasteiger partial charge in [-0.3, -0.25) is 9.59 Å². The molecule has 2 atom stereocenters. The zero-order valence-electron chi connectivity index (χ0n) is 16.3. The molecule has 0 unspecified atom stereocenters. The highest BCUT2D eigenvalue weighted by Crippen LogP contribution is 2.33. The van der Waals surface area contributed by atoms with Crippen molar-refractivity contribution >= 4 is 45.3 Å². The summed E-state index contributed by atoms with van der Waals surface area (Å²) in [4.78, 5) is 25.9. The lowest BCUT2D eigenvalue weighted by atomic mass is 10.1. The first-order valence-electron chi connectivity index (χ1n) is 9.95. The van der Waals surface area contributed by atoms with Crippen molar-refractivity contribution in [2.45, 2.75) is 35.4 Å². The second-order valence-electron chi connectivity index (χ2n) is 8.04. The molecule has 1 aliphatic carbocycles. The normalized spacial score (nSPS) is 22.3. The van der Waals surface area contributed by atoms with Crippen LogP contribution in [0.15, 0.2) is 47.4 Å². The lowest BCUT2D eigenvalue weighted by Gasteiger charge is -2.29.